The fourth-order valence-electron chi connectivity index (χ4n) is 1.41. The standard InChI is InChI=1S/C11H12ClN5O/c1-16(2)11(18)8-3-4-17(15-8)10-6-7(13)5-9(12)14-10/h3-6H,1-2H3,(H2,13,14). The van der Waals surface area contributed by atoms with Gasteiger partial charge in [-0.15, -0.1) is 0 Å². The lowest BCUT2D eigenvalue weighted by molar-refractivity contribution is 0.0821. The number of hydrogen-bond acceptors (Lipinski definition) is 4. The quantitative estimate of drug-likeness (QED) is 0.828. The van der Waals surface area contributed by atoms with E-state index in [2.05, 4.69) is 10.1 Å². The van der Waals surface area contributed by atoms with Gasteiger partial charge in [0.25, 0.3) is 5.91 Å². The number of carbonyl (C=O) groups excluding carboxylic acids is 1. The molecule has 0 bridgehead atoms. The van der Waals surface area contributed by atoms with Crippen molar-refractivity contribution >= 4 is 23.2 Å². The smallest absolute Gasteiger partial charge is 0.273 e. The Morgan fingerprint density at radius 1 is 1.44 bits per heavy atom. The van der Waals surface area contributed by atoms with Gasteiger partial charge in [0.15, 0.2) is 11.5 Å². The molecule has 1 amide bonds. The van der Waals surface area contributed by atoms with E-state index in [9.17, 15) is 4.79 Å². The van der Waals surface area contributed by atoms with Crippen LogP contribution in [0.3, 0.4) is 0 Å². The summed E-state index contributed by atoms with van der Waals surface area (Å²) < 4.78 is 1.46. The fourth-order valence-corrected chi connectivity index (χ4v) is 1.63. The molecule has 0 aliphatic carbocycles. The Bertz CT molecular complexity index is 573. The van der Waals surface area contributed by atoms with Crippen molar-refractivity contribution in [3.63, 3.8) is 0 Å². The molecule has 7 heteroatoms. The maximum absolute atomic E-state index is 11.7. The topological polar surface area (TPSA) is 77.0 Å². The van der Waals surface area contributed by atoms with Crippen LogP contribution in [-0.2, 0) is 0 Å². The van der Waals surface area contributed by atoms with E-state index < -0.39 is 0 Å². The summed E-state index contributed by atoms with van der Waals surface area (Å²) in [6.45, 7) is 0. The summed E-state index contributed by atoms with van der Waals surface area (Å²) in [7, 11) is 3.33. The number of carbonyl (C=O) groups is 1. The number of pyridine rings is 1. The molecule has 0 saturated carbocycles. The summed E-state index contributed by atoms with van der Waals surface area (Å²) >= 11 is 5.81. The molecule has 2 aromatic heterocycles. The van der Waals surface area contributed by atoms with Gasteiger partial charge < -0.3 is 10.6 Å². The lowest BCUT2D eigenvalue weighted by Crippen LogP contribution is -2.22. The number of nitrogens with zero attached hydrogens (tertiary/aromatic N) is 4. The van der Waals surface area contributed by atoms with Gasteiger partial charge in [-0.2, -0.15) is 5.10 Å². The zero-order valence-corrected chi connectivity index (χ0v) is 10.7. The van der Waals surface area contributed by atoms with E-state index >= 15 is 0 Å². The molecule has 0 radical (unpaired) electrons. The van der Waals surface area contributed by atoms with Crippen LogP contribution in [0.15, 0.2) is 24.4 Å². The van der Waals surface area contributed by atoms with Crippen LogP contribution in [0.1, 0.15) is 10.5 Å². The van der Waals surface area contributed by atoms with Gasteiger partial charge in [0.2, 0.25) is 0 Å². The predicted octanol–water partition coefficient (Wildman–Crippen LogP) is 1.20. The molecule has 0 aliphatic heterocycles. The number of nitrogens with two attached hydrogens (primary N) is 1. The molecule has 94 valence electrons. The van der Waals surface area contributed by atoms with Gasteiger partial charge in [0.05, 0.1) is 0 Å². The minimum atomic E-state index is -0.177. The summed E-state index contributed by atoms with van der Waals surface area (Å²) in [5.41, 5.74) is 6.49. The Morgan fingerprint density at radius 2 is 2.17 bits per heavy atom. The first-order valence-corrected chi connectivity index (χ1v) is 5.56. The molecule has 0 unspecified atom stereocenters. The van der Waals surface area contributed by atoms with Crippen LogP contribution in [0.5, 0.6) is 0 Å². The van der Waals surface area contributed by atoms with E-state index in [-0.39, 0.29) is 11.1 Å². The predicted molar refractivity (Wildman–Crippen MR) is 68.8 cm³/mol. The van der Waals surface area contributed by atoms with Gasteiger partial charge in [-0.3, -0.25) is 4.79 Å². The highest BCUT2D eigenvalue weighted by Crippen LogP contribution is 2.15. The molecular weight excluding hydrogens is 254 g/mol. The monoisotopic (exact) mass is 265 g/mol. The first-order valence-electron chi connectivity index (χ1n) is 5.18. The van der Waals surface area contributed by atoms with Gasteiger partial charge >= 0.3 is 0 Å². The van der Waals surface area contributed by atoms with Gasteiger partial charge in [-0.1, -0.05) is 11.6 Å². The van der Waals surface area contributed by atoms with E-state index in [0.29, 0.717) is 17.2 Å². The summed E-state index contributed by atoms with van der Waals surface area (Å²) in [5, 5.41) is 4.41. The van der Waals surface area contributed by atoms with E-state index in [1.54, 1.807) is 38.5 Å². The largest absolute Gasteiger partial charge is 0.399 e. The maximum atomic E-state index is 11.7. The van der Waals surface area contributed by atoms with Crippen LogP contribution in [0.4, 0.5) is 5.69 Å². The number of nitrogen functional groups attached to an aromatic ring is 1. The normalized spacial score (nSPS) is 10.4. The van der Waals surface area contributed by atoms with Crippen LogP contribution < -0.4 is 5.73 Å². The van der Waals surface area contributed by atoms with Crippen LogP contribution in [0, 0.1) is 0 Å². The number of aromatic nitrogens is 3. The molecule has 2 rings (SSSR count). The molecule has 6 nitrogen and oxygen atoms in total. The zero-order chi connectivity index (χ0) is 13.3. The highest BCUT2D eigenvalue weighted by Gasteiger charge is 2.12. The van der Waals surface area contributed by atoms with Crippen molar-refractivity contribution in [1.82, 2.24) is 19.7 Å². The summed E-state index contributed by atoms with van der Waals surface area (Å²) in [5.74, 6) is 0.293. The third-order valence-electron chi connectivity index (χ3n) is 2.25. The van der Waals surface area contributed by atoms with Crippen molar-refractivity contribution in [2.24, 2.45) is 0 Å². The first-order chi connectivity index (χ1) is 8.47. The number of rotatable bonds is 2. The van der Waals surface area contributed by atoms with E-state index in [1.165, 1.54) is 9.58 Å². The molecule has 2 aromatic rings. The van der Waals surface area contributed by atoms with Crippen molar-refractivity contribution in [3.8, 4) is 5.82 Å². The lowest BCUT2D eigenvalue weighted by Gasteiger charge is -2.07. The summed E-state index contributed by atoms with van der Waals surface area (Å²) in [6.07, 6.45) is 1.63. The second-order valence-corrected chi connectivity index (χ2v) is 4.31. The molecule has 0 aromatic carbocycles. The number of amides is 1. The third-order valence-corrected chi connectivity index (χ3v) is 2.45. The van der Waals surface area contributed by atoms with Crippen LogP contribution in [-0.4, -0.2) is 39.7 Å². The molecular formula is C11H12ClN5O. The lowest BCUT2D eigenvalue weighted by atomic mass is 10.4. The van der Waals surface area contributed by atoms with Crippen molar-refractivity contribution in [3.05, 3.63) is 35.2 Å². The molecule has 18 heavy (non-hydrogen) atoms. The fraction of sp³-hybridized carbons (Fsp3) is 0.182. The van der Waals surface area contributed by atoms with E-state index in [0.717, 1.165) is 0 Å². The van der Waals surface area contributed by atoms with Crippen molar-refractivity contribution in [2.75, 3.05) is 19.8 Å². The highest BCUT2D eigenvalue weighted by atomic mass is 35.5. The molecule has 2 N–H and O–H groups in total. The molecule has 0 saturated heterocycles. The molecule has 2 heterocycles. The first kappa shape index (κ1) is 12.4. The van der Waals surface area contributed by atoms with Crippen LogP contribution >= 0.6 is 11.6 Å². The van der Waals surface area contributed by atoms with Crippen molar-refractivity contribution in [2.45, 2.75) is 0 Å². The van der Waals surface area contributed by atoms with Crippen molar-refractivity contribution in [1.29, 1.82) is 0 Å². The summed E-state index contributed by atoms with van der Waals surface area (Å²) in [6, 6.07) is 4.78. The average Bonchev–Trinajstić information content (AvgIpc) is 2.75. The van der Waals surface area contributed by atoms with Crippen LogP contribution in [0.2, 0.25) is 5.15 Å². The van der Waals surface area contributed by atoms with Crippen LogP contribution in [0.25, 0.3) is 5.82 Å². The molecule has 0 aliphatic rings. The molecule has 0 spiro atoms. The number of anilines is 1. The van der Waals surface area contributed by atoms with E-state index in [4.69, 9.17) is 17.3 Å². The van der Waals surface area contributed by atoms with Gasteiger partial charge in [-0.05, 0) is 12.1 Å². The minimum absolute atomic E-state index is 0.177. The second kappa shape index (κ2) is 4.66. The Hall–Kier alpha value is -2.08. The minimum Gasteiger partial charge on any atom is -0.399 e. The van der Waals surface area contributed by atoms with Gasteiger partial charge in [-0.25, -0.2) is 9.67 Å². The zero-order valence-electron chi connectivity index (χ0n) is 9.96. The summed E-state index contributed by atoms with van der Waals surface area (Å²) in [4.78, 5) is 17.2. The number of halogens is 1. The molecule has 0 atom stereocenters. The molecule has 0 fully saturated rings. The second-order valence-electron chi connectivity index (χ2n) is 3.93. The van der Waals surface area contributed by atoms with Gasteiger partial charge in [0, 0.05) is 32.0 Å². The Kier molecular flexibility index (Phi) is 3.20. The average molecular weight is 266 g/mol. The Morgan fingerprint density at radius 3 is 2.78 bits per heavy atom. The highest BCUT2D eigenvalue weighted by molar-refractivity contribution is 6.29. The Balaban J connectivity index is 2.38. The van der Waals surface area contributed by atoms with E-state index in [1.807, 2.05) is 0 Å². The Labute approximate surface area is 109 Å². The third kappa shape index (κ3) is 2.43. The SMILES string of the molecule is CN(C)C(=O)c1ccn(-c2cc(N)cc(Cl)n2)n1. The van der Waals surface area contributed by atoms with Gasteiger partial charge in [0.1, 0.15) is 5.15 Å². The van der Waals surface area contributed by atoms with Crippen molar-refractivity contribution < 1.29 is 4.79 Å². The maximum Gasteiger partial charge on any atom is 0.273 e. The number of hydrogen-bond donors (Lipinski definition) is 1.